The lowest BCUT2D eigenvalue weighted by molar-refractivity contribution is -0.117. The Labute approximate surface area is 96.1 Å². The third-order valence-corrected chi connectivity index (χ3v) is 2.38. The number of carbonyl (C=O) groups excluding carboxylic acids is 1. The van der Waals surface area contributed by atoms with Crippen molar-refractivity contribution in [1.82, 2.24) is 0 Å². The maximum atomic E-state index is 11.6. The summed E-state index contributed by atoms with van der Waals surface area (Å²) in [6, 6.07) is 9.62. The van der Waals surface area contributed by atoms with Crippen molar-refractivity contribution in [3.05, 3.63) is 29.8 Å². The minimum Gasteiger partial charge on any atom is -0.325 e. The van der Waals surface area contributed by atoms with E-state index in [0.29, 0.717) is 0 Å². The quantitative estimate of drug-likeness (QED) is 0.841. The van der Waals surface area contributed by atoms with Crippen LogP contribution in [-0.4, -0.2) is 5.91 Å². The second-order valence-corrected chi connectivity index (χ2v) is 3.75. The average Bonchev–Trinajstić information content (AvgIpc) is 2.31. The van der Waals surface area contributed by atoms with E-state index >= 15 is 0 Å². The highest BCUT2D eigenvalue weighted by Crippen LogP contribution is 2.17. The van der Waals surface area contributed by atoms with E-state index in [2.05, 4.69) is 12.2 Å². The van der Waals surface area contributed by atoms with Crippen molar-refractivity contribution >= 4 is 11.6 Å². The van der Waals surface area contributed by atoms with Crippen LogP contribution in [0.1, 0.15) is 25.8 Å². The highest BCUT2D eigenvalue weighted by molar-refractivity contribution is 5.94. The van der Waals surface area contributed by atoms with Crippen LogP contribution in [-0.2, 0) is 11.2 Å². The van der Waals surface area contributed by atoms with Crippen molar-refractivity contribution in [3.8, 4) is 6.07 Å². The van der Waals surface area contributed by atoms with Gasteiger partial charge in [0.2, 0.25) is 5.91 Å². The third kappa shape index (κ3) is 3.09. The van der Waals surface area contributed by atoms with E-state index < -0.39 is 5.92 Å². The van der Waals surface area contributed by atoms with Gasteiger partial charge in [0.05, 0.1) is 6.07 Å². The van der Waals surface area contributed by atoms with Gasteiger partial charge in [-0.25, -0.2) is 0 Å². The van der Waals surface area contributed by atoms with Gasteiger partial charge < -0.3 is 5.32 Å². The molecule has 0 aliphatic heterocycles. The first-order valence-corrected chi connectivity index (χ1v) is 5.47. The van der Waals surface area contributed by atoms with Crippen LogP contribution in [0, 0.1) is 17.2 Å². The van der Waals surface area contributed by atoms with Gasteiger partial charge in [0.15, 0.2) is 0 Å². The Morgan fingerprint density at radius 3 is 2.81 bits per heavy atom. The van der Waals surface area contributed by atoms with Gasteiger partial charge >= 0.3 is 0 Å². The molecule has 1 aromatic carbocycles. The molecule has 0 saturated heterocycles. The van der Waals surface area contributed by atoms with Crippen LogP contribution in [0.5, 0.6) is 0 Å². The molecule has 3 heteroatoms. The molecular weight excluding hydrogens is 200 g/mol. The number of aryl methyl sites for hydroxylation is 1. The molecule has 0 spiro atoms. The third-order valence-electron chi connectivity index (χ3n) is 2.38. The molecule has 1 rings (SSSR count). The Morgan fingerprint density at radius 2 is 2.19 bits per heavy atom. The SMILES string of the molecule is CCCc1ccccc1NC(=O)C(C)C#N. The number of benzene rings is 1. The first-order valence-electron chi connectivity index (χ1n) is 5.47. The normalized spacial score (nSPS) is 11.6. The predicted octanol–water partition coefficient (Wildman–Crippen LogP) is 2.74. The summed E-state index contributed by atoms with van der Waals surface area (Å²) >= 11 is 0. The van der Waals surface area contributed by atoms with E-state index in [4.69, 9.17) is 5.26 Å². The van der Waals surface area contributed by atoms with Crippen molar-refractivity contribution in [2.75, 3.05) is 5.32 Å². The van der Waals surface area contributed by atoms with Gasteiger partial charge in [-0.3, -0.25) is 4.79 Å². The number of hydrogen-bond donors (Lipinski definition) is 1. The standard InChI is InChI=1S/C13H16N2O/c1-3-6-11-7-4-5-8-12(11)15-13(16)10(2)9-14/h4-5,7-8,10H,3,6H2,1-2H3,(H,15,16). The number of nitrogens with one attached hydrogen (secondary N) is 1. The molecule has 84 valence electrons. The van der Waals surface area contributed by atoms with Crippen LogP contribution >= 0.6 is 0 Å². The topological polar surface area (TPSA) is 52.9 Å². The molecule has 1 unspecified atom stereocenters. The van der Waals surface area contributed by atoms with Crippen molar-refractivity contribution < 1.29 is 4.79 Å². The lowest BCUT2D eigenvalue weighted by Gasteiger charge is -2.10. The van der Waals surface area contributed by atoms with Gasteiger partial charge in [-0.15, -0.1) is 0 Å². The van der Waals surface area contributed by atoms with Gasteiger partial charge in [0, 0.05) is 5.69 Å². The van der Waals surface area contributed by atoms with Gasteiger partial charge in [-0.1, -0.05) is 31.5 Å². The molecule has 0 aliphatic carbocycles. The number of nitrogens with zero attached hydrogens (tertiary/aromatic N) is 1. The van der Waals surface area contributed by atoms with Gasteiger partial charge in [0.25, 0.3) is 0 Å². The molecular formula is C13H16N2O. The van der Waals surface area contributed by atoms with Crippen molar-refractivity contribution in [2.45, 2.75) is 26.7 Å². The van der Waals surface area contributed by atoms with Gasteiger partial charge in [-0.05, 0) is 25.0 Å². The summed E-state index contributed by atoms with van der Waals surface area (Å²) < 4.78 is 0. The molecule has 1 atom stereocenters. The molecule has 1 N–H and O–H groups in total. The molecule has 0 aliphatic rings. The summed E-state index contributed by atoms with van der Waals surface area (Å²) in [6.07, 6.45) is 1.96. The summed E-state index contributed by atoms with van der Waals surface area (Å²) in [4.78, 5) is 11.6. The second kappa shape index (κ2) is 5.92. The first-order chi connectivity index (χ1) is 7.69. The first kappa shape index (κ1) is 12.3. The van der Waals surface area contributed by atoms with E-state index in [1.54, 1.807) is 6.92 Å². The fraction of sp³-hybridized carbons (Fsp3) is 0.385. The summed E-state index contributed by atoms with van der Waals surface area (Å²) in [6.45, 7) is 3.69. The molecule has 0 fully saturated rings. The van der Waals surface area contributed by atoms with Crippen LogP contribution in [0.25, 0.3) is 0 Å². The summed E-state index contributed by atoms with van der Waals surface area (Å²) in [5, 5.41) is 11.4. The summed E-state index contributed by atoms with van der Waals surface area (Å²) in [5.74, 6) is -0.860. The molecule has 1 amide bonds. The maximum absolute atomic E-state index is 11.6. The predicted molar refractivity (Wildman–Crippen MR) is 63.8 cm³/mol. The van der Waals surface area contributed by atoms with Crippen LogP contribution < -0.4 is 5.32 Å². The number of anilines is 1. The lowest BCUT2D eigenvalue weighted by Crippen LogP contribution is -2.19. The fourth-order valence-corrected chi connectivity index (χ4v) is 1.43. The van der Waals surface area contributed by atoms with Crippen LogP contribution in [0.4, 0.5) is 5.69 Å². The number of amides is 1. The molecule has 0 radical (unpaired) electrons. The second-order valence-electron chi connectivity index (χ2n) is 3.75. The molecule has 3 nitrogen and oxygen atoms in total. The van der Waals surface area contributed by atoms with Crippen LogP contribution in [0.2, 0.25) is 0 Å². The summed E-state index contributed by atoms with van der Waals surface area (Å²) in [7, 11) is 0. The minimum absolute atomic E-state index is 0.244. The van der Waals surface area contributed by atoms with E-state index in [-0.39, 0.29) is 5.91 Å². The van der Waals surface area contributed by atoms with Gasteiger partial charge in [-0.2, -0.15) is 5.26 Å². The van der Waals surface area contributed by atoms with E-state index in [1.807, 2.05) is 30.3 Å². The summed E-state index contributed by atoms with van der Waals surface area (Å²) in [5.41, 5.74) is 1.93. The van der Waals surface area contributed by atoms with Crippen LogP contribution in [0.3, 0.4) is 0 Å². The zero-order valence-corrected chi connectivity index (χ0v) is 9.66. The number of para-hydroxylation sites is 1. The Bertz CT molecular complexity index is 407. The number of nitriles is 1. The Morgan fingerprint density at radius 1 is 1.50 bits per heavy atom. The Hall–Kier alpha value is -1.82. The maximum Gasteiger partial charge on any atom is 0.241 e. The molecule has 0 bridgehead atoms. The number of carbonyl (C=O) groups is 1. The molecule has 0 saturated carbocycles. The highest BCUT2D eigenvalue weighted by Gasteiger charge is 2.12. The van der Waals surface area contributed by atoms with Crippen molar-refractivity contribution in [1.29, 1.82) is 5.26 Å². The molecule has 1 aromatic rings. The number of hydrogen-bond acceptors (Lipinski definition) is 2. The van der Waals surface area contributed by atoms with Crippen molar-refractivity contribution in [3.63, 3.8) is 0 Å². The number of rotatable bonds is 4. The zero-order chi connectivity index (χ0) is 12.0. The minimum atomic E-state index is -0.616. The molecule has 0 heterocycles. The Kier molecular flexibility index (Phi) is 4.53. The van der Waals surface area contributed by atoms with Crippen LogP contribution in [0.15, 0.2) is 24.3 Å². The van der Waals surface area contributed by atoms with E-state index in [1.165, 1.54) is 0 Å². The smallest absolute Gasteiger partial charge is 0.241 e. The van der Waals surface area contributed by atoms with E-state index in [0.717, 1.165) is 24.1 Å². The largest absolute Gasteiger partial charge is 0.325 e. The zero-order valence-electron chi connectivity index (χ0n) is 9.66. The molecule has 16 heavy (non-hydrogen) atoms. The van der Waals surface area contributed by atoms with E-state index in [9.17, 15) is 4.79 Å². The fourth-order valence-electron chi connectivity index (χ4n) is 1.43. The highest BCUT2D eigenvalue weighted by atomic mass is 16.1. The monoisotopic (exact) mass is 216 g/mol. The average molecular weight is 216 g/mol. The molecule has 0 aromatic heterocycles. The van der Waals surface area contributed by atoms with Gasteiger partial charge in [0.1, 0.15) is 5.92 Å². The Balaban J connectivity index is 2.81. The van der Waals surface area contributed by atoms with Crippen molar-refractivity contribution in [2.24, 2.45) is 5.92 Å². The lowest BCUT2D eigenvalue weighted by atomic mass is 10.1.